The van der Waals surface area contributed by atoms with E-state index in [0.29, 0.717) is 36.5 Å². The number of anilines is 1. The molecular formula is C23H26N6O3. The molecule has 32 heavy (non-hydrogen) atoms. The molecule has 0 aromatic carbocycles. The third-order valence-corrected chi connectivity index (χ3v) is 6.60. The molecular weight excluding hydrogens is 408 g/mol. The molecule has 1 saturated heterocycles. The Labute approximate surface area is 186 Å². The van der Waals surface area contributed by atoms with Crippen LogP contribution in [-0.2, 0) is 10.3 Å². The van der Waals surface area contributed by atoms with Crippen LogP contribution in [0.2, 0.25) is 0 Å². The fourth-order valence-electron chi connectivity index (χ4n) is 4.95. The first-order chi connectivity index (χ1) is 15.3. The van der Waals surface area contributed by atoms with E-state index in [9.17, 15) is 9.59 Å². The van der Waals surface area contributed by atoms with Crippen LogP contribution in [0.1, 0.15) is 33.9 Å². The SMILES string of the molecule is Cc1noc(C)c1C(=O)N1CC[C@]2(C1)c1cccn1-c1ncccc1N2CC(=O)N(C)C. The zero-order valence-corrected chi connectivity index (χ0v) is 18.7. The van der Waals surface area contributed by atoms with E-state index < -0.39 is 5.54 Å². The number of likely N-dealkylation sites (N-methyl/N-ethyl adjacent to an activating group) is 1. The number of carbonyl (C=O) groups is 2. The lowest BCUT2D eigenvalue weighted by atomic mass is 9.88. The van der Waals surface area contributed by atoms with E-state index >= 15 is 0 Å². The molecule has 2 aliphatic rings. The maximum absolute atomic E-state index is 13.4. The molecule has 166 valence electrons. The zero-order valence-electron chi connectivity index (χ0n) is 18.7. The van der Waals surface area contributed by atoms with Crippen molar-refractivity contribution in [3.63, 3.8) is 0 Å². The summed E-state index contributed by atoms with van der Waals surface area (Å²) in [4.78, 5) is 36.5. The van der Waals surface area contributed by atoms with E-state index in [0.717, 1.165) is 17.2 Å². The Kier molecular flexibility index (Phi) is 4.58. The Bertz CT molecular complexity index is 1190. The van der Waals surface area contributed by atoms with E-state index in [2.05, 4.69) is 25.7 Å². The molecule has 9 nitrogen and oxygen atoms in total. The molecule has 1 atom stereocenters. The van der Waals surface area contributed by atoms with Crippen LogP contribution in [0.3, 0.4) is 0 Å². The van der Waals surface area contributed by atoms with Crippen molar-refractivity contribution in [1.82, 2.24) is 24.5 Å². The number of rotatable bonds is 3. The predicted molar refractivity (Wildman–Crippen MR) is 118 cm³/mol. The van der Waals surface area contributed by atoms with Gasteiger partial charge in [0.1, 0.15) is 16.9 Å². The van der Waals surface area contributed by atoms with Crippen LogP contribution in [0.15, 0.2) is 41.2 Å². The van der Waals surface area contributed by atoms with Crippen molar-refractivity contribution >= 4 is 17.5 Å². The number of aryl methyl sites for hydroxylation is 2. The number of hydrogen-bond donors (Lipinski definition) is 0. The molecule has 3 aromatic rings. The van der Waals surface area contributed by atoms with E-state index in [1.165, 1.54) is 0 Å². The van der Waals surface area contributed by atoms with Crippen LogP contribution in [0.5, 0.6) is 0 Å². The van der Waals surface area contributed by atoms with E-state index in [1.807, 2.05) is 29.3 Å². The van der Waals surface area contributed by atoms with Crippen LogP contribution < -0.4 is 4.90 Å². The molecule has 0 bridgehead atoms. The van der Waals surface area contributed by atoms with Crippen molar-refractivity contribution < 1.29 is 14.1 Å². The molecule has 3 aromatic heterocycles. The Hall–Kier alpha value is -3.62. The normalized spacial score (nSPS) is 19.2. The summed E-state index contributed by atoms with van der Waals surface area (Å²) in [6.07, 6.45) is 4.45. The molecule has 0 radical (unpaired) electrons. The number of hydrogen-bond acceptors (Lipinski definition) is 6. The van der Waals surface area contributed by atoms with Gasteiger partial charge in [-0.3, -0.25) is 9.59 Å². The van der Waals surface area contributed by atoms with Gasteiger partial charge in [-0.25, -0.2) is 4.98 Å². The smallest absolute Gasteiger partial charge is 0.259 e. The van der Waals surface area contributed by atoms with Crippen molar-refractivity contribution in [1.29, 1.82) is 0 Å². The molecule has 9 heteroatoms. The van der Waals surface area contributed by atoms with Gasteiger partial charge in [-0.05, 0) is 44.5 Å². The number of nitrogens with zero attached hydrogens (tertiary/aromatic N) is 6. The average molecular weight is 435 g/mol. The fourth-order valence-corrected chi connectivity index (χ4v) is 4.95. The average Bonchev–Trinajstić information content (AvgIpc) is 3.50. The third kappa shape index (κ3) is 2.84. The predicted octanol–water partition coefficient (Wildman–Crippen LogP) is 2.13. The molecule has 2 aliphatic heterocycles. The molecule has 2 amide bonds. The molecule has 1 spiro atoms. The second kappa shape index (κ2) is 7.22. The molecule has 0 saturated carbocycles. The lowest BCUT2D eigenvalue weighted by Gasteiger charge is -2.46. The number of fused-ring (bicyclic) bond motifs is 4. The van der Waals surface area contributed by atoms with Crippen LogP contribution in [0, 0.1) is 13.8 Å². The highest BCUT2D eigenvalue weighted by Gasteiger charge is 2.51. The van der Waals surface area contributed by atoms with Crippen molar-refractivity contribution in [2.45, 2.75) is 25.8 Å². The Morgan fingerprint density at radius 1 is 1.22 bits per heavy atom. The lowest BCUT2D eigenvalue weighted by molar-refractivity contribution is -0.127. The highest BCUT2D eigenvalue weighted by molar-refractivity contribution is 5.96. The van der Waals surface area contributed by atoms with E-state index in [1.54, 1.807) is 39.0 Å². The first-order valence-corrected chi connectivity index (χ1v) is 10.7. The molecule has 0 N–H and O–H groups in total. The van der Waals surface area contributed by atoms with Crippen molar-refractivity contribution in [3.8, 4) is 5.82 Å². The van der Waals surface area contributed by atoms with Crippen LogP contribution in [-0.4, -0.2) is 70.1 Å². The van der Waals surface area contributed by atoms with Crippen molar-refractivity contribution in [2.24, 2.45) is 0 Å². The summed E-state index contributed by atoms with van der Waals surface area (Å²) in [6.45, 7) is 4.76. The molecule has 0 aliphatic carbocycles. The third-order valence-electron chi connectivity index (χ3n) is 6.60. The standard InChI is InChI=1S/C23H26N6O3/c1-15-20(16(2)32-25-15)22(31)27-12-9-23(14-27)18-8-6-11-28(18)21-17(7-5-10-24-21)29(23)13-19(30)26(3)4/h5-8,10-11H,9,12-14H2,1-4H3/t23-/m0/s1. The molecule has 0 unspecified atom stereocenters. The fraction of sp³-hybridized carbons (Fsp3) is 0.391. The quantitative estimate of drug-likeness (QED) is 0.628. The van der Waals surface area contributed by atoms with Crippen molar-refractivity contribution in [2.75, 3.05) is 38.6 Å². The monoisotopic (exact) mass is 434 g/mol. The van der Waals surface area contributed by atoms with Crippen LogP contribution in [0.4, 0.5) is 5.69 Å². The summed E-state index contributed by atoms with van der Waals surface area (Å²) in [5.74, 6) is 1.22. The highest BCUT2D eigenvalue weighted by Crippen LogP contribution is 2.47. The van der Waals surface area contributed by atoms with Gasteiger partial charge in [0.25, 0.3) is 5.91 Å². The first kappa shape index (κ1) is 20.3. The van der Waals surface area contributed by atoms with Gasteiger partial charge in [0.2, 0.25) is 5.91 Å². The number of amides is 2. The van der Waals surface area contributed by atoms with Gasteiger partial charge >= 0.3 is 0 Å². The highest BCUT2D eigenvalue weighted by atomic mass is 16.5. The Morgan fingerprint density at radius 3 is 2.75 bits per heavy atom. The van der Waals surface area contributed by atoms with Gasteiger partial charge in [0.15, 0.2) is 5.82 Å². The first-order valence-electron chi connectivity index (χ1n) is 10.7. The van der Waals surface area contributed by atoms with Crippen LogP contribution >= 0.6 is 0 Å². The van der Waals surface area contributed by atoms with Gasteiger partial charge < -0.3 is 23.8 Å². The summed E-state index contributed by atoms with van der Waals surface area (Å²) in [5.41, 5.74) is 2.49. The maximum atomic E-state index is 13.4. The number of pyridine rings is 1. The summed E-state index contributed by atoms with van der Waals surface area (Å²) >= 11 is 0. The number of aromatic nitrogens is 3. The molecule has 5 heterocycles. The lowest BCUT2D eigenvalue weighted by Crippen LogP contribution is -2.55. The minimum atomic E-state index is -0.542. The van der Waals surface area contributed by atoms with E-state index in [4.69, 9.17) is 4.52 Å². The van der Waals surface area contributed by atoms with E-state index in [-0.39, 0.29) is 18.4 Å². The van der Waals surface area contributed by atoms with Gasteiger partial charge in [-0.15, -0.1) is 0 Å². The van der Waals surface area contributed by atoms with Crippen molar-refractivity contribution in [3.05, 3.63) is 59.4 Å². The number of carbonyl (C=O) groups excluding carboxylic acids is 2. The summed E-state index contributed by atoms with van der Waals surface area (Å²) in [5, 5.41) is 3.95. The summed E-state index contributed by atoms with van der Waals surface area (Å²) < 4.78 is 7.31. The number of likely N-dealkylation sites (tertiary alicyclic amines) is 1. The second-order valence-corrected chi connectivity index (χ2v) is 8.69. The Balaban J connectivity index is 1.60. The van der Waals surface area contributed by atoms with Gasteiger partial charge in [-0.2, -0.15) is 0 Å². The minimum absolute atomic E-state index is 0.00492. The minimum Gasteiger partial charge on any atom is -0.361 e. The zero-order chi connectivity index (χ0) is 22.6. The molecule has 1 fully saturated rings. The topological polar surface area (TPSA) is 87.7 Å². The summed E-state index contributed by atoms with van der Waals surface area (Å²) in [6, 6.07) is 7.94. The van der Waals surface area contributed by atoms with Gasteiger partial charge in [-0.1, -0.05) is 5.16 Å². The second-order valence-electron chi connectivity index (χ2n) is 8.69. The Morgan fingerprint density at radius 2 is 2.03 bits per heavy atom. The van der Waals surface area contributed by atoms with Crippen LogP contribution in [0.25, 0.3) is 5.82 Å². The largest absolute Gasteiger partial charge is 0.361 e. The van der Waals surface area contributed by atoms with Gasteiger partial charge in [0, 0.05) is 39.6 Å². The maximum Gasteiger partial charge on any atom is 0.259 e. The molecule has 5 rings (SSSR count). The summed E-state index contributed by atoms with van der Waals surface area (Å²) in [7, 11) is 3.52. The van der Waals surface area contributed by atoms with Gasteiger partial charge in [0.05, 0.1) is 23.6 Å².